The molecule has 1 aromatic heterocycles. The highest BCUT2D eigenvalue weighted by Gasteiger charge is 2.12. The number of aromatic nitrogens is 2. The summed E-state index contributed by atoms with van der Waals surface area (Å²) < 4.78 is 9.90. The lowest BCUT2D eigenvalue weighted by atomic mass is 10.3. The third-order valence-corrected chi connectivity index (χ3v) is 4.33. The molecular formula is C13H14BrIN2O. The summed E-state index contributed by atoms with van der Waals surface area (Å²) in [7, 11) is 1.94. The van der Waals surface area contributed by atoms with Crippen LogP contribution in [0.15, 0.2) is 28.7 Å². The van der Waals surface area contributed by atoms with Crippen LogP contribution in [-0.2, 0) is 20.1 Å². The number of benzene rings is 1. The van der Waals surface area contributed by atoms with Gasteiger partial charge in [0.15, 0.2) is 0 Å². The molecule has 18 heavy (non-hydrogen) atoms. The van der Waals surface area contributed by atoms with Crippen LogP contribution in [0.3, 0.4) is 0 Å². The highest BCUT2D eigenvalue weighted by Crippen LogP contribution is 2.23. The number of hydrogen-bond acceptors (Lipinski definition) is 2. The van der Waals surface area contributed by atoms with E-state index in [9.17, 15) is 0 Å². The third kappa shape index (κ3) is 3.06. The second kappa shape index (κ2) is 6.06. The SMILES string of the molecule is CCc1nn(C)c(COc2ccc(I)cc2)c1Br. The molecule has 0 saturated heterocycles. The van der Waals surface area contributed by atoms with Crippen LogP contribution in [0.5, 0.6) is 5.75 Å². The van der Waals surface area contributed by atoms with Crippen molar-refractivity contribution >= 4 is 38.5 Å². The summed E-state index contributed by atoms with van der Waals surface area (Å²) in [6, 6.07) is 8.02. The molecular weight excluding hydrogens is 407 g/mol. The molecule has 2 rings (SSSR count). The van der Waals surface area contributed by atoms with Crippen molar-refractivity contribution in [3.05, 3.63) is 43.7 Å². The Morgan fingerprint density at radius 1 is 1.33 bits per heavy atom. The zero-order chi connectivity index (χ0) is 13.1. The van der Waals surface area contributed by atoms with E-state index in [1.807, 2.05) is 36.0 Å². The summed E-state index contributed by atoms with van der Waals surface area (Å²) in [4.78, 5) is 0. The first-order valence-corrected chi connectivity index (χ1v) is 7.57. The largest absolute Gasteiger partial charge is 0.487 e. The normalized spacial score (nSPS) is 10.7. The van der Waals surface area contributed by atoms with Gasteiger partial charge in [0.25, 0.3) is 0 Å². The van der Waals surface area contributed by atoms with Crippen LogP contribution in [0.4, 0.5) is 0 Å². The predicted molar refractivity (Wildman–Crippen MR) is 83.8 cm³/mol. The van der Waals surface area contributed by atoms with E-state index in [0.29, 0.717) is 6.61 Å². The number of aryl methyl sites for hydroxylation is 2. The average Bonchev–Trinajstić information content (AvgIpc) is 2.64. The second-order valence-electron chi connectivity index (χ2n) is 3.93. The molecule has 0 N–H and O–H groups in total. The molecule has 0 aliphatic rings. The molecule has 0 spiro atoms. The maximum absolute atomic E-state index is 5.77. The minimum Gasteiger partial charge on any atom is -0.487 e. The van der Waals surface area contributed by atoms with E-state index in [2.05, 4.69) is 50.5 Å². The van der Waals surface area contributed by atoms with Crippen molar-refractivity contribution in [2.75, 3.05) is 0 Å². The summed E-state index contributed by atoms with van der Waals surface area (Å²) in [5.41, 5.74) is 2.13. The highest BCUT2D eigenvalue weighted by atomic mass is 127. The van der Waals surface area contributed by atoms with Gasteiger partial charge in [0.05, 0.1) is 15.9 Å². The van der Waals surface area contributed by atoms with E-state index in [-0.39, 0.29) is 0 Å². The fourth-order valence-corrected chi connectivity index (χ4v) is 2.75. The van der Waals surface area contributed by atoms with Gasteiger partial charge >= 0.3 is 0 Å². The Balaban J connectivity index is 2.10. The molecule has 0 bridgehead atoms. The van der Waals surface area contributed by atoms with Gasteiger partial charge in [-0.15, -0.1) is 0 Å². The maximum Gasteiger partial charge on any atom is 0.131 e. The van der Waals surface area contributed by atoms with Gasteiger partial charge in [-0.3, -0.25) is 4.68 Å². The molecule has 96 valence electrons. The monoisotopic (exact) mass is 420 g/mol. The zero-order valence-corrected chi connectivity index (χ0v) is 14.0. The van der Waals surface area contributed by atoms with Crippen molar-refractivity contribution in [1.29, 1.82) is 0 Å². The minimum atomic E-state index is 0.519. The van der Waals surface area contributed by atoms with Crippen LogP contribution in [0.25, 0.3) is 0 Å². The Morgan fingerprint density at radius 3 is 2.56 bits per heavy atom. The van der Waals surface area contributed by atoms with Crippen molar-refractivity contribution in [1.82, 2.24) is 9.78 Å². The molecule has 2 aromatic rings. The first-order chi connectivity index (χ1) is 8.61. The number of hydrogen-bond donors (Lipinski definition) is 0. The van der Waals surface area contributed by atoms with Gasteiger partial charge in [0.1, 0.15) is 12.4 Å². The van der Waals surface area contributed by atoms with Crippen LogP contribution in [0.2, 0.25) is 0 Å². The summed E-state index contributed by atoms with van der Waals surface area (Å²) in [6.45, 7) is 2.61. The van der Waals surface area contributed by atoms with Gasteiger partial charge in [0, 0.05) is 10.6 Å². The van der Waals surface area contributed by atoms with E-state index in [1.54, 1.807) is 0 Å². The molecule has 0 saturated carbocycles. The predicted octanol–water partition coefficient (Wildman–Crippen LogP) is 3.93. The fraction of sp³-hybridized carbons (Fsp3) is 0.308. The third-order valence-electron chi connectivity index (χ3n) is 2.69. The smallest absolute Gasteiger partial charge is 0.131 e. The van der Waals surface area contributed by atoms with Gasteiger partial charge in [-0.25, -0.2) is 0 Å². The molecule has 0 aliphatic heterocycles. The molecule has 5 heteroatoms. The zero-order valence-electron chi connectivity index (χ0n) is 10.3. The van der Waals surface area contributed by atoms with Gasteiger partial charge < -0.3 is 4.74 Å². The Labute approximate surface area is 129 Å². The van der Waals surface area contributed by atoms with Crippen LogP contribution < -0.4 is 4.74 Å². The van der Waals surface area contributed by atoms with Crippen molar-refractivity contribution in [3.8, 4) is 5.75 Å². The Morgan fingerprint density at radius 2 is 2.00 bits per heavy atom. The van der Waals surface area contributed by atoms with Crippen molar-refractivity contribution in [2.24, 2.45) is 7.05 Å². The Bertz CT molecular complexity index is 537. The van der Waals surface area contributed by atoms with Crippen LogP contribution in [-0.4, -0.2) is 9.78 Å². The van der Waals surface area contributed by atoms with E-state index < -0.39 is 0 Å². The second-order valence-corrected chi connectivity index (χ2v) is 5.97. The van der Waals surface area contributed by atoms with Crippen molar-refractivity contribution < 1.29 is 4.74 Å². The Kier molecular flexibility index (Phi) is 4.66. The van der Waals surface area contributed by atoms with Gasteiger partial charge in [-0.05, 0) is 69.2 Å². The van der Waals surface area contributed by atoms with Crippen molar-refractivity contribution in [3.63, 3.8) is 0 Å². The highest BCUT2D eigenvalue weighted by molar-refractivity contribution is 14.1. The molecule has 0 unspecified atom stereocenters. The molecule has 0 radical (unpaired) electrons. The summed E-state index contributed by atoms with van der Waals surface area (Å²) in [6.07, 6.45) is 0.915. The number of nitrogens with zero attached hydrogens (tertiary/aromatic N) is 2. The fourth-order valence-electron chi connectivity index (χ4n) is 1.66. The Hall–Kier alpha value is -0.560. The molecule has 0 atom stereocenters. The molecule has 3 nitrogen and oxygen atoms in total. The van der Waals surface area contributed by atoms with E-state index in [1.165, 1.54) is 3.57 Å². The molecule has 0 aliphatic carbocycles. The summed E-state index contributed by atoms with van der Waals surface area (Å²) in [5, 5.41) is 4.44. The van der Waals surface area contributed by atoms with Crippen molar-refractivity contribution in [2.45, 2.75) is 20.0 Å². The van der Waals surface area contributed by atoms with Crippen LogP contribution >= 0.6 is 38.5 Å². The van der Waals surface area contributed by atoms with Gasteiger partial charge in [-0.1, -0.05) is 6.92 Å². The van der Waals surface area contributed by atoms with Gasteiger partial charge in [-0.2, -0.15) is 5.10 Å². The first kappa shape index (κ1) is 13.9. The van der Waals surface area contributed by atoms with E-state index in [4.69, 9.17) is 4.74 Å². The number of rotatable bonds is 4. The molecule has 1 heterocycles. The molecule has 1 aromatic carbocycles. The summed E-state index contributed by atoms with van der Waals surface area (Å²) in [5.74, 6) is 0.876. The van der Waals surface area contributed by atoms with Crippen LogP contribution in [0, 0.1) is 3.57 Å². The van der Waals surface area contributed by atoms with Gasteiger partial charge in [0.2, 0.25) is 0 Å². The lowest BCUT2D eigenvalue weighted by Crippen LogP contribution is -2.03. The standard InChI is InChI=1S/C13H14BrIN2O/c1-3-11-13(14)12(17(2)16-11)8-18-10-6-4-9(15)5-7-10/h4-7H,3,8H2,1-2H3. The average molecular weight is 421 g/mol. The van der Waals surface area contributed by atoms with E-state index >= 15 is 0 Å². The van der Waals surface area contributed by atoms with E-state index in [0.717, 1.165) is 28.0 Å². The maximum atomic E-state index is 5.77. The topological polar surface area (TPSA) is 27.1 Å². The minimum absolute atomic E-state index is 0.519. The quantitative estimate of drug-likeness (QED) is 0.700. The molecule has 0 amide bonds. The lowest BCUT2D eigenvalue weighted by molar-refractivity contribution is 0.294. The summed E-state index contributed by atoms with van der Waals surface area (Å²) >= 11 is 5.86. The number of halogens is 2. The lowest BCUT2D eigenvalue weighted by Gasteiger charge is -2.07. The van der Waals surface area contributed by atoms with Crippen LogP contribution in [0.1, 0.15) is 18.3 Å². The number of ether oxygens (including phenoxy) is 1. The first-order valence-electron chi connectivity index (χ1n) is 5.70. The molecule has 0 fully saturated rings.